The first-order chi connectivity index (χ1) is 15.3. The number of nitrogens with one attached hydrogen (secondary N) is 1. The number of benzene rings is 1. The second-order valence-corrected chi connectivity index (χ2v) is 8.93. The molecule has 0 bridgehead atoms. The fraction of sp³-hybridized carbons (Fsp3) is 0.208. The van der Waals surface area contributed by atoms with Gasteiger partial charge in [-0.1, -0.05) is 41.7 Å². The van der Waals surface area contributed by atoms with E-state index in [4.69, 9.17) is 9.72 Å². The first-order valence-corrected chi connectivity index (χ1v) is 10.9. The van der Waals surface area contributed by atoms with Gasteiger partial charge in [-0.25, -0.2) is 9.97 Å². The van der Waals surface area contributed by atoms with E-state index in [1.165, 1.54) is 11.3 Å². The summed E-state index contributed by atoms with van der Waals surface area (Å²) < 4.78 is 6.25. The van der Waals surface area contributed by atoms with Crippen LogP contribution in [-0.4, -0.2) is 34.2 Å². The van der Waals surface area contributed by atoms with Crippen LogP contribution in [0, 0.1) is 0 Å². The molecule has 3 heterocycles. The highest BCUT2D eigenvalue weighted by Crippen LogP contribution is 2.41. The van der Waals surface area contributed by atoms with E-state index in [0.717, 1.165) is 22.1 Å². The predicted molar refractivity (Wildman–Crippen MR) is 129 cm³/mol. The standard InChI is InChI=1S/C24H25N5O2S/c1-24(2,30)19-14-17(10-12-25-19)27-20-15-18(11-13-26-20)31-22-21(16-8-6-5-7-9-16)28-23(32-22)29(3)4/h5-15,30H,1-4H3,(H,25,26,27). The topological polar surface area (TPSA) is 83.4 Å². The van der Waals surface area contributed by atoms with Crippen molar-refractivity contribution in [3.05, 3.63) is 72.7 Å². The molecular weight excluding hydrogens is 422 g/mol. The number of nitrogens with zero attached hydrogens (tertiary/aromatic N) is 4. The Kier molecular flexibility index (Phi) is 6.07. The number of rotatable bonds is 7. The minimum atomic E-state index is -1.03. The zero-order chi connectivity index (χ0) is 22.7. The molecule has 0 saturated carbocycles. The van der Waals surface area contributed by atoms with Gasteiger partial charge in [-0.3, -0.25) is 4.98 Å². The Labute approximate surface area is 191 Å². The molecule has 0 radical (unpaired) electrons. The van der Waals surface area contributed by atoms with Crippen molar-refractivity contribution in [3.8, 4) is 22.1 Å². The van der Waals surface area contributed by atoms with E-state index in [1.807, 2.05) is 67.5 Å². The van der Waals surface area contributed by atoms with E-state index < -0.39 is 5.60 Å². The summed E-state index contributed by atoms with van der Waals surface area (Å²) in [4.78, 5) is 15.3. The van der Waals surface area contributed by atoms with Crippen LogP contribution in [0.2, 0.25) is 0 Å². The van der Waals surface area contributed by atoms with Gasteiger partial charge in [0.05, 0.1) is 5.69 Å². The maximum Gasteiger partial charge on any atom is 0.210 e. The molecule has 0 aliphatic heterocycles. The van der Waals surface area contributed by atoms with Gasteiger partial charge in [-0.2, -0.15) is 0 Å². The van der Waals surface area contributed by atoms with Gasteiger partial charge < -0.3 is 20.1 Å². The Morgan fingerprint density at radius 3 is 2.47 bits per heavy atom. The number of anilines is 3. The highest BCUT2D eigenvalue weighted by molar-refractivity contribution is 7.17. The summed E-state index contributed by atoms with van der Waals surface area (Å²) in [5.41, 5.74) is 2.12. The second kappa shape index (κ2) is 8.94. The molecule has 32 heavy (non-hydrogen) atoms. The third-order valence-electron chi connectivity index (χ3n) is 4.62. The lowest BCUT2D eigenvalue weighted by atomic mass is 10.0. The molecule has 0 aliphatic rings. The molecule has 7 nitrogen and oxygen atoms in total. The molecule has 0 atom stereocenters. The highest BCUT2D eigenvalue weighted by atomic mass is 32.1. The van der Waals surface area contributed by atoms with Crippen LogP contribution >= 0.6 is 11.3 Å². The van der Waals surface area contributed by atoms with Crippen LogP contribution in [0.15, 0.2) is 67.0 Å². The van der Waals surface area contributed by atoms with Gasteiger partial charge in [0.2, 0.25) is 5.06 Å². The summed E-state index contributed by atoms with van der Waals surface area (Å²) in [6.45, 7) is 3.40. The molecule has 0 spiro atoms. The molecule has 0 aliphatic carbocycles. The molecule has 4 aromatic rings. The van der Waals surface area contributed by atoms with Gasteiger partial charge in [-0.05, 0) is 32.0 Å². The zero-order valence-corrected chi connectivity index (χ0v) is 19.2. The number of ether oxygens (including phenoxy) is 1. The smallest absolute Gasteiger partial charge is 0.210 e. The molecule has 2 N–H and O–H groups in total. The summed E-state index contributed by atoms with van der Waals surface area (Å²) in [6.07, 6.45) is 3.34. The van der Waals surface area contributed by atoms with Gasteiger partial charge in [0.15, 0.2) is 5.13 Å². The number of aromatic nitrogens is 3. The number of pyridine rings is 2. The molecule has 164 valence electrons. The van der Waals surface area contributed by atoms with E-state index in [2.05, 4.69) is 15.3 Å². The Balaban J connectivity index is 1.60. The number of hydrogen-bond acceptors (Lipinski definition) is 8. The summed E-state index contributed by atoms with van der Waals surface area (Å²) in [6, 6.07) is 17.2. The zero-order valence-electron chi connectivity index (χ0n) is 18.4. The fourth-order valence-corrected chi connectivity index (χ4v) is 3.86. The minimum absolute atomic E-state index is 0.572. The molecule has 4 rings (SSSR count). The second-order valence-electron chi connectivity index (χ2n) is 7.99. The predicted octanol–water partition coefficient (Wildman–Crippen LogP) is 5.43. The summed E-state index contributed by atoms with van der Waals surface area (Å²) in [5, 5.41) is 15.0. The van der Waals surface area contributed by atoms with Crippen LogP contribution in [0.5, 0.6) is 10.8 Å². The molecule has 0 amide bonds. The van der Waals surface area contributed by atoms with E-state index in [1.54, 1.807) is 32.3 Å². The van der Waals surface area contributed by atoms with Gasteiger partial charge in [0, 0.05) is 43.8 Å². The van der Waals surface area contributed by atoms with E-state index in [-0.39, 0.29) is 0 Å². The van der Waals surface area contributed by atoms with Crippen LogP contribution in [0.1, 0.15) is 19.5 Å². The van der Waals surface area contributed by atoms with E-state index in [9.17, 15) is 5.11 Å². The van der Waals surface area contributed by atoms with Crippen molar-refractivity contribution in [1.29, 1.82) is 0 Å². The quantitative estimate of drug-likeness (QED) is 0.391. The summed E-state index contributed by atoms with van der Waals surface area (Å²) >= 11 is 1.49. The fourth-order valence-electron chi connectivity index (χ4n) is 2.98. The molecular formula is C24H25N5O2S. The van der Waals surface area contributed by atoms with E-state index >= 15 is 0 Å². The largest absolute Gasteiger partial charge is 0.444 e. The Bertz CT molecular complexity index is 1200. The van der Waals surface area contributed by atoms with Crippen molar-refractivity contribution in [2.75, 3.05) is 24.3 Å². The minimum Gasteiger partial charge on any atom is -0.444 e. The third-order valence-corrected chi connectivity index (χ3v) is 5.72. The van der Waals surface area contributed by atoms with E-state index in [0.29, 0.717) is 22.3 Å². The monoisotopic (exact) mass is 447 g/mol. The van der Waals surface area contributed by atoms with Crippen LogP contribution < -0.4 is 15.0 Å². The summed E-state index contributed by atoms with van der Waals surface area (Å²) in [7, 11) is 3.92. The lowest BCUT2D eigenvalue weighted by Crippen LogP contribution is -2.17. The van der Waals surface area contributed by atoms with Gasteiger partial charge in [0.25, 0.3) is 0 Å². The maximum atomic E-state index is 10.2. The average Bonchev–Trinajstić information content (AvgIpc) is 3.18. The highest BCUT2D eigenvalue weighted by Gasteiger charge is 2.19. The van der Waals surface area contributed by atoms with Crippen molar-refractivity contribution in [1.82, 2.24) is 15.0 Å². The molecule has 0 fully saturated rings. The van der Waals surface area contributed by atoms with Crippen molar-refractivity contribution in [2.24, 2.45) is 0 Å². The van der Waals surface area contributed by atoms with Crippen LogP contribution in [0.3, 0.4) is 0 Å². The van der Waals surface area contributed by atoms with Crippen LogP contribution in [0.25, 0.3) is 11.3 Å². The number of thiazole rings is 1. The Hall–Kier alpha value is -3.49. The van der Waals surface area contributed by atoms with Crippen molar-refractivity contribution in [2.45, 2.75) is 19.4 Å². The van der Waals surface area contributed by atoms with Gasteiger partial charge >= 0.3 is 0 Å². The van der Waals surface area contributed by atoms with Crippen molar-refractivity contribution >= 4 is 28.0 Å². The van der Waals surface area contributed by atoms with Crippen molar-refractivity contribution in [3.63, 3.8) is 0 Å². The summed E-state index contributed by atoms with van der Waals surface area (Å²) in [5.74, 6) is 1.26. The number of hydrogen-bond donors (Lipinski definition) is 2. The van der Waals surface area contributed by atoms with Crippen molar-refractivity contribution < 1.29 is 9.84 Å². The number of aliphatic hydroxyl groups is 1. The molecule has 8 heteroatoms. The lowest BCUT2D eigenvalue weighted by Gasteiger charge is -2.17. The average molecular weight is 448 g/mol. The van der Waals surface area contributed by atoms with Gasteiger partial charge in [-0.15, -0.1) is 0 Å². The molecule has 3 aromatic heterocycles. The molecule has 0 saturated heterocycles. The molecule has 1 aromatic carbocycles. The Morgan fingerprint density at radius 1 is 1.00 bits per heavy atom. The third kappa shape index (κ3) is 5.04. The maximum absolute atomic E-state index is 10.2. The van der Waals surface area contributed by atoms with Gasteiger partial charge in [0.1, 0.15) is 22.9 Å². The SMILES string of the molecule is CN(C)c1nc(-c2ccccc2)c(Oc2ccnc(Nc3ccnc(C(C)(C)O)c3)c2)s1. The van der Waals surface area contributed by atoms with Crippen LogP contribution in [-0.2, 0) is 5.60 Å². The first kappa shape index (κ1) is 21.7. The lowest BCUT2D eigenvalue weighted by molar-refractivity contribution is 0.0739. The Morgan fingerprint density at radius 2 is 1.75 bits per heavy atom. The molecule has 0 unspecified atom stereocenters. The van der Waals surface area contributed by atoms with Crippen LogP contribution in [0.4, 0.5) is 16.6 Å². The normalized spacial score (nSPS) is 11.3. The first-order valence-electron chi connectivity index (χ1n) is 10.1.